The minimum absolute atomic E-state index is 0.0587. The highest BCUT2D eigenvalue weighted by Crippen LogP contribution is 2.38. The maximum Gasteiger partial charge on any atom is 0.263 e. The average Bonchev–Trinajstić information content (AvgIpc) is 2.86. The van der Waals surface area contributed by atoms with E-state index in [4.69, 9.17) is 4.74 Å². The highest BCUT2D eigenvalue weighted by Gasteiger charge is 2.29. The van der Waals surface area contributed by atoms with Gasteiger partial charge in [0.15, 0.2) is 5.75 Å². The van der Waals surface area contributed by atoms with Crippen molar-refractivity contribution < 1.29 is 18.7 Å². The summed E-state index contributed by atoms with van der Waals surface area (Å²) in [7, 11) is 0. The van der Waals surface area contributed by atoms with Crippen LogP contribution in [0.5, 0.6) is 11.6 Å². The molecule has 0 radical (unpaired) electrons. The van der Waals surface area contributed by atoms with Gasteiger partial charge in [-0.3, -0.25) is 9.59 Å². The van der Waals surface area contributed by atoms with Gasteiger partial charge >= 0.3 is 0 Å². The summed E-state index contributed by atoms with van der Waals surface area (Å²) in [4.78, 5) is 31.2. The number of halogens is 1. The monoisotopic (exact) mass is 405 g/mol. The minimum Gasteiger partial charge on any atom is -0.436 e. The fourth-order valence-electron chi connectivity index (χ4n) is 3.28. The Morgan fingerprint density at radius 1 is 1.17 bits per heavy atom. The van der Waals surface area contributed by atoms with Crippen LogP contribution in [0.4, 0.5) is 10.1 Å². The highest BCUT2D eigenvalue weighted by molar-refractivity contribution is 6.09. The van der Waals surface area contributed by atoms with E-state index in [1.165, 1.54) is 11.0 Å². The zero-order valence-corrected chi connectivity index (χ0v) is 16.4. The smallest absolute Gasteiger partial charge is 0.263 e. The number of fused-ring (bicyclic) bond motifs is 2. The third-order valence-corrected chi connectivity index (χ3v) is 4.85. The number of nitrogens with one attached hydrogen (secondary N) is 1. The lowest BCUT2D eigenvalue weighted by molar-refractivity contribution is -0.121. The van der Waals surface area contributed by atoms with Crippen molar-refractivity contribution in [3.05, 3.63) is 83.3 Å². The average molecular weight is 405 g/mol. The molecule has 0 saturated carbocycles. The maximum atomic E-state index is 13.7. The Morgan fingerprint density at radius 3 is 2.83 bits per heavy atom. The van der Waals surface area contributed by atoms with Gasteiger partial charge in [0.05, 0.1) is 5.69 Å². The molecule has 152 valence electrons. The van der Waals surface area contributed by atoms with Gasteiger partial charge in [0.25, 0.3) is 5.91 Å². The largest absolute Gasteiger partial charge is 0.436 e. The van der Waals surface area contributed by atoms with Crippen molar-refractivity contribution in [2.75, 3.05) is 11.4 Å². The minimum atomic E-state index is -0.369. The quantitative estimate of drug-likeness (QED) is 0.697. The second-order valence-corrected chi connectivity index (χ2v) is 7.00. The number of aryl methyl sites for hydroxylation is 1. The van der Waals surface area contributed by atoms with Crippen molar-refractivity contribution in [2.24, 2.45) is 0 Å². The molecule has 3 aromatic rings. The van der Waals surface area contributed by atoms with Crippen LogP contribution in [0.1, 0.15) is 27.9 Å². The van der Waals surface area contributed by atoms with Crippen LogP contribution in [0, 0.1) is 12.7 Å². The molecule has 6 nitrogen and oxygen atoms in total. The zero-order valence-electron chi connectivity index (χ0n) is 16.4. The molecule has 1 aliphatic rings. The third kappa shape index (κ3) is 4.00. The summed E-state index contributed by atoms with van der Waals surface area (Å²) in [6.45, 7) is 2.15. The number of ether oxygens (including phenoxy) is 1. The van der Waals surface area contributed by atoms with E-state index in [9.17, 15) is 14.0 Å². The summed E-state index contributed by atoms with van der Waals surface area (Å²) in [5.41, 5.74) is 2.28. The molecule has 7 heteroatoms. The van der Waals surface area contributed by atoms with E-state index >= 15 is 0 Å². The standard InChI is InChI=1S/C23H20FN3O3/c1-15-8-9-20-19(13-15)27(23(29)17-6-4-11-25-22(17)30-20)12-10-21(28)26-14-16-5-2-3-7-18(16)24/h2-9,11,13H,10,12,14H2,1H3,(H,26,28). The summed E-state index contributed by atoms with van der Waals surface area (Å²) < 4.78 is 19.6. The predicted octanol–water partition coefficient (Wildman–Crippen LogP) is 3.99. The van der Waals surface area contributed by atoms with Gasteiger partial charge in [-0.05, 0) is 42.8 Å². The maximum absolute atomic E-state index is 13.7. The highest BCUT2D eigenvalue weighted by atomic mass is 19.1. The van der Waals surface area contributed by atoms with Crippen molar-refractivity contribution in [3.8, 4) is 11.6 Å². The second-order valence-electron chi connectivity index (χ2n) is 7.00. The molecule has 0 fully saturated rings. The molecular formula is C23H20FN3O3. The normalized spacial score (nSPS) is 12.5. The summed E-state index contributed by atoms with van der Waals surface area (Å²) in [5, 5.41) is 2.70. The first-order valence-electron chi connectivity index (χ1n) is 9.58. The topological polar surface area (TPSA) is 71.5 Å². The Balaban J connectivity index is 1.52. The summed E-state index contributed by atoms with van der Waals surface area (Å²) in [6, 6.07) is 15.1. The Morgan fingerprint density at radius 2 is 2.00 bits per heavy atom. The SMILES string of the molecule is Cc1ccc2c(c1)N(CCC(=O)NCc1ccccc1F)C(=O)c1cccnc1O2. The Labute approximate surface area is 173 Å². The number of hydrogen-bond acceptors (Lipinski definition) is 4. The van der Waals surface area contributed by atoms with E-state index in [-0.39, 0.29) is 43.0 Å². The number of pyridine rings is 1. The van der Waals surface area contributed by atoms with E-state index in [0.717, 1.165) is 5.56 Å². The first-order valence-corrected chi connectivity index (χ1v) is 9.58. The van der Waals surface area contributed by atoms with E-state index in [0.29, 0.717) is 22.6 Å². The molecule has 0 unspecified atom stereocenters. The van der Waals surface area contributed by atoms with Gasteiger partial charge in [0.1, 0.15) is 11.4 Å². The molecule has 1 N–H and O–H groups in total. The van der Waals surface area contributed by atoms with E-state index in [1.54, 1.807) is 42.6 Å². The molecule has 30 heavy (non-hydrogen) atoms. The number of rotatable bonds is 5. The molecule has 0 spiro atoms. The number of nitrogens with zero attached hydrogens (tertiary/aromatic N) is 2. The van der Waals surface area contributed by atoms with Gasteiger partial charge in [-0.25, -0.2) is 9.37 Å². The number of amides is 2. The van der Waals surface area contributed by atoms with Crippen LogP contribution in [0.15, 0.2) is 60.8 Å². The van der Waals surface area contributed by atoms with Crippen LogP contribution in [-0.4, -0.2) is 23.3 Å². The van der Waals surface area contributed by atoms with Crippen LogP contribution in [-0.2, 0) is 11.3 Å². The number of carbonyl (C=O) groups excluding carboxylic acids is 2. The Kier molecular flexibility index (Phi) is 5.43. The van der Waals surface area contributed by atoms with Crippen molar-refractivity contribution in [3.63, 3.8) is 0 Å². The lowest BCUT2D eigenvalue weighted by Crippen LogP contribution is -2.35. The lowest BCUT2D eigenvalue weighted by Gasteiger charge is -2.22. The predicted molar refractivity (Wildman–Crippen MR) is 110 cm³/mol. The lowest BCUT2D eigenvalue weighted by atomic mass is 10.1. The molecule has 0 aliphatic carbocycles. The number of aromatic nitrogens is 1. The van der Waals surface area contributed by atoms with Crippen molar-refractivity contribution in [2.45, 2.75) is 19.9 Å². The number of hydrogen-bond donors (Lipinski definition) is 1. The first kappa shape index (κ1) is 19.6. The molecule has 0 atom stereocenters. The summed E-state index contributed by atoms with van der Waals surface area (Å²) in [6.07, 6.45) is 1.62. The molecule has 1 aromatic heterocycles. The molecule has 0 saturated heterocycles. The summed E-state index contributed by atoms with van der Waals surface area (Å²) >= 11 is 0. The van der Waals surface area contributed by atoms with Crippen LogP contribution in [0.25, 0.3) is 0 Å². The van der Waals surface area contributed by atoms with Gasteiger partial charge in [-0.15, -0.1) is 0 Å². The van der Waals surface area contributed by atoms with Crippen molar-refractivity contribution in [1.82, 2.24) is 10.3 Å². The van der Waals surface area contributed by atoms with Gasteiger partial charge in [-0.2, -0.15) is 0 Å². The molecule has 0 bridgehead atoms. The second kappa shape index (κ2) is 8.32. The number of carbonyl (C=O) groups is 2. The van der Waals surface area contributed by atoms with Gasteiger partial charge < -0.3 is 15.0 Å². The molecule has 2 amide bonds. The zero-order chi connectivity index (χ0) is 21.1. The molecule has 2 heterocycles. The third-order valence-electron chi connectivity index (χ3n) is 4.85. The van der Waals surface area contributed by atoms with E-state index in [1.807, 2.05) is 19.1 Å². The van der Waals surface area contributed by atoms with Crippen LogP contribution >= 0.6 is 0 Å². The van der Waals surface area contributed by atoms with Crippen molar-refractivity contribution >= 4 is 17.5 Å². The van der Waals surface area contributed by atoms with Gasteiger partial charge in [0, 0.05) is 31.3 Å². The Bertz CT molecular complexity index is 1120. The fraction of sp³-hybridized carbons (Fsp3) is 0.174. The Hall–Kier alpha value is -3.74. The molecular weight excluding hydrogens is 385 g/mol. The van der Waals surface area contributed by atoms with E-state index in [2.05, 4.69) is 10.3 Å². The fourth-order valence-corrected chi connectivity index (χ4v) is 3.28. The van der Waals surface area contributed by atoms with E-state index < -0.39 is 0 Å². The van der Waals surface area contributed by atoms with Gasteiger partial charge in [-0.1, -0.05) is 24.3 Å². The first-order chi connectivity index (χ1) is 14.5. The van der Waals surface area contributed by atoms with Crippen molar-refractivity contribution in [1.29, 1.82) is 0 Å². The van der Waals surface area contributed by atoms with Gasteiger partial charge in [0.2, 0.25) is 11.8 Å². The molecule has 2 aromatic carbocycles. The molecule has 4 rings (SSSR count). The van der Waals surface area contributed by atoms with Crippen LogP contribution in [0.2, 0.25) is 0 Å². The number of anilines is 1. The van der Waals surface area contributed by atoms with Crippen LogP contribution < -0.4 is 15.0 Å². The van der Waals surface area contributed by atoms with Crippen LogP contribution in [0.3, 0.4) is 0 Å². The molecule has 1 aliphatic heterocycles. The number of benzene rings is 2. The summed E-state index contributed by atoms with van der Waals surface area (Å²) in [5.74, 6) is -0.204.